The minimum Gasteiger partial charge on any atom is -0.267 e. The molecule has 4 heteroatoms. The highest BCUT2D eigenvalue weighted by Gasteiger charge is 2.01. The Morgan fingerprint density at radius 2 is 2.14 bits per heavy atom. The number of nitrogens with zero attached hydrogens (tertiary/aromatic N) is 1. The van der Waals surface area contributed by atoms with Crippen LogP contribution in [-0.4, -0.2) is 10.2 Å². The summed E-state index contributed by atoms with van der Waals surface area (Å²) in [7, 11) is 0. The van der Waals surface area contributed by atoms with E-state index in [4.69, 9.17) is 11.6 Å². The maximum absolute atomic E-state index is 11.4. The van der Waals surface area contributed by atoms with Crippen LogP contribution in [0.15, 0.2) is 41.3 Å². The molecule has 1 heterocycles. The van der Waals surface area contributed by atoms with Crippen molar-refractivity contribution in [3.63, 3.8) is 0 Å². The molecule has 0 radical (unpaired) electrons. The Bertz CT molecular complexity index is 507. The van der Waals surface area contributed by atoms with Crippen molar-refractivity contribution in [2.45, 2.75) is 0 Å². The van der Waals surface area contributed by atoms with Crippen LogP contribution in [-0.2, 0) is 0 Å². The Morgan fingerprint density at radius 3 is 2.86 bits per heavy atom. The zero-order valence-electron chi connectivity index (χ0n) is 7.20. The molecule has 0 aliphatic heterocycles. The fourth-order valence-electron chi connectivity index (χ4n) is 1.23. The summed E-state index contributed by atoms with van der Waals surface area (Å²) in [5.74, 6) is 0. The second kappa shape index (κ2) is 3.64. The van der Waals surface area contributed by atoms with E-state index in [9.17, 15) is 4.79 Å². The molecule has 0 saturated heterocycles. The molecule has 1 aromatic carbocycles. The van der Waals surface area contributed by atoms with Crippen molar-refractivity contribution >= 4 is 11.6 Å². The first-order valence-corrected chi connectivity index (χ1v) is 4.45. The number of aromatic amines is 1. The van der Waals surface area contributed by atoms with Crippen LogP contribution in [0.4, 0.5) is 0 Å². The van der Waals surface area contributed by atoms with E-state index in [1.807, 2.05) is 6.07 Å². The van der Waals surface area contributed by atoms with Gasteiger partial charge in [0.05, 0.1) is 5.56 Å². The first-order valence-electron chi connectivity index (χ1n) is 4.07. The van der Waals surface area contributed by atoms with Crippen LogP contribution in [0.3, 0.4) is 0 Å². The van der Waals surface area contributed by atoms with E-state index in [1.165, 1.54) is 6.20 Å². The quantitative estimate of drug-likeness (QED) is 0.777. The Hall–Kier alpha value is -1.61. The number of H-pyrrole nitrogens is 1. The molecule has 3 nitrogen and oxygen atoms in total. The van der Waals surface area contributed by atoms with E-state index in [0.29, 0.717) is 10.6 Å². The molecule has 0 amide bonds. The topological polar surface area (TPSA) is 45.8 Å². The molecule has 0 spiro atoms. The molecule has 0 fully saturated rings. The zero-order valence-corrected chi connectivity index (χ0v) is 7.95. The fraction of sp³-hybridized carbons (Fsp3) is 0. The van der Waals surface area contributed by atoms with E-state index in [0.717, 1.165) is 5.56 Å². The number of halogens is 1. The molecule has 0 unspecified atom stereocenters. The van der Waals surface area contributed by atoms with Gasteiger partial charge in [-0.1, -0.05) is 23.7 Å². The molecule has 70 valence electrons. The number of benzene rings is 1. The summed E-state index contributed by atoms with van der Waals surface area (Å²) >= 11 is 5.82. The maximum atomic E-state index is 11.4. The van der Waals surface area contributed by atoms with Gasteiger partial charge in [-0.25, -0.2) is 5.10 Å². The molecule has 0 aliphatic carbocycles. The molecular formula is C10H7ClN2O. The van der Waals surface area contributed by atoms with Crippen LogP contribution in [0, 0.1) is 0 Å². The summed E-state index contributed by atoms with van der Waals surface area (Å²) < 4.78 is 0. The highest BCUT2D eigenvalue weighted by atomic mass is 35.5. The number of hydrogen-bond donors (Lipinski definition) is 1. The lowest BCUT2D eigenvalue weighted by molar-refractivity contribution is 0.991. The van der Waals surface area contributed by atoms with Gasteiger partial charge in [-0.3, -0.25) is 4.79 Å². The summed E-state index contributed by atoms with van der Waals surface area (Å²) in [5, 5.41) is 6.60. The highest BCUT2D eigenvalue weighted by molar-refractivity contribution is 6.30. The molecule has 0 atom stereocenters. The van der Waals surface area contributed by atoms with Crippen LogP contribution < -0.4 is 5.56 Å². The molecular weight excluding hydrogens is 200 g/mol. The van der Waals surface area contributed by atoms with Gasteiger partial charge in [0.15, 0.2) is 0 Å². The third kappa shape index (κ3) is 1.67. The third-order valence-electron chi connectivity index (χ3n) is 1.86. The van der Waals surface area contributed by atoms with Crippen molar-refractivity contribution < 1.29 is 0 Å². The molecule has 0 aliphatic rings. The average molecular weight is 207 g/mol. The lowest BCUT2D eigenvalue weighted by Gasteiger charge is -1.99. The second-order valence-corrected chi connectivity index (χ2v) is 3.25. The summed E-state index contributed by atoms with van der Waals surface area (Å²) in [5.41, 5.74) is 1.15. The van der Waals surface area contributed by atoms with Gasteiger partial charge in [0, 0.05) is 11.2 Å². The van der Waals surface area contributed by atoms with Gasteiger partial charge in [0.25, 0.3) is 5.56 Å². The van der Waals surface area contributed by atoms with E-state index < -0.39 is 0 Å². The molecule has 1 N–H and O–H groups in total. The number of hydrogen-bond acceptors (Lipinski definition) is 2. The van der Waals surface area contributed by atoms with Crippen molar-refractivity contribution in [2.75, 3.05) is 0 Å². The summed E-state index contributed by atoms with van der Waals surface area (Å²) in [6, 6.07) is 8.80. The fourth-order valence-corrected chi connectivity index (χ4v) is 1.42. The average Bonchev–Trinajstić information content (AvgIpc) is 2.18. The lowest BCUT2D eigenvalue weighted by atomic mass is 10.1. The van der Waals surface area contributed by atoms with E-state index in [-0.39, 0.29) is 5.56 Å². The maximum Gasteiger partial charge on any atom is 0.272 e. The van der Waals surface area contributed by atoms with Crippen molar-refractivity contribution in [3.05, 3.63) is 51.9 Å². The summed E-state index contributed by atoms with van der Waals surface area (Å²) in [6.07, 6.45) is 1.54. The number of aromatic nitrogens is 2. The van der Waals surface area contributed by atoms with Gasteiger partial charge in [0.1, 0.15) is 0 Å². The van der Waals surface area contributed by atoms with Crippen LogP contribution in [0.1, 0.15) is 0 Å². The minimum atomic E-state index is -0.213. The number of nitrogens with one attached hydrogen (secondary N) is 1. The van der Waals surface area contributed by atoms with Crippen molar-refractivity contribution in [2.24, 2.45) is 0 Å². The SMILES string of the molecule is O=c1[nH]nccc1-c1cccc(Cl)c1. The monoisotopic (exact) mass is 206 g/mol. The van der Waals surface area contributed by atoms with Crippen LogP contribution >= 0.6 is 11.6 Å². The van der Waals surface area contributed by atoms with Gasteiger partial charge < -0.3 is 0 Å². The molecule has 0 bridgehead atoms. The first kappa shape index (κ1) is 8.97. The first-order chi connectivity index (χ1) is 6.77. The lowest BCUT2D eigenvalue weighted by Crippen LogP contribution is -2.09. The third-order valence-corrected chi connectivity index (χ3v) is 2.10. The van der Waals surface area contributed by atoms with Gasteiger partial charge in [-0.15, -0.1) is 0 Å². The molecule has 14 heavy (non-hydrogen) atoms. The van der Waals surface area contributed by atoms with Crippen LogP contribution in [0.2, 0.25) is 5.02 Å². The van der Waals surface area contributed by atoms with Gasteiger partial charge >= 0.3 is 0 Å². The second-order valence-electron chi connectivity index (χ2n) is 2.81. The number of rotatable bonds is 1. The molecule has 2 aromatic rings. The molecule has 2 rings (SSSR count). The van der Waals surface area contributed by atoms with Crippen molar-refractivity contribution in [3.8, 4) is 11.1 Å². The van der Waals surface area contributed by atoms with E-state index in [2.05, 4.69) is 10.2 Å². The highest BCUT2D eigenvalue weighted by Crippen LogP contribution is 2.18. The van der Waals surface area contributed by atoms with Crippen molar-refractivity contribution in [1.82, 2.24) is 10.2 Å². The predicted octanol–water partition coefficient (Wildman–Crippen LogP) is 2.09. The van der Waals surface area contributed by atoms with E-state index >= 15 is 0 Å². The van der Waals surface area contributed by atoms with Crippen LogP contribution in [0.5, 0.6) is 0 Å². The Kier molecular flexibility index (Phi) is 2.33. The molecule has 1 aromatic heterocycles. The van der Waals surface area contributed by atoms with Gasteiger partial charge in [0.2, 0.25) is 0 Å². The van der Waals surface area contributed by atoms with Gasteiger partial charge in [-0.05, 0) is 23.8 Å². The van der Waals surface area contributed by atoms with Gasteiger partial charge in [-0.2, -0.15) is 5.10 Å². The Labute approximate surface area is 85.4 Å². The normalized spacial score (nSPS) is 10.1. The zero-order chi connectivity index (χ0) is 9.97. The largest absolute Gasteiger partial charge is 0.272 e. The molecule has 0 saturated carbocycles. The van der Waals surface area contributed by atoms with E-state index in [1.54, 1.807) is 24.3 Å². The summed E-state index contributed by atoms with van der Waals surface area (Å²) in [6.45, 7) is 0. The Morgan fingerprint density at radius 1 is 1.29 bits per heavy atom. The Balaban J connectivity index is 2.61. The predicted molar refractivity (Wildman–Crippen MR) is 55.3 cm³/mol. The minimum absolute atomic E-state index is 0.213. The summed E-state index contributed by atoms with van der Waals surface area (Å²) in [4.78, 5) is 11.4. The standard InChI is InChI=1S/C10H7ClN2O/c11-8-3-1-2-7(6-8)9-4-5-12-13-10(9)14/h1-6H,(H,13,14). The van der Waals surface area contributed by atoms with Crippen molar-refractivity contribution in [1.29, 1.82) is 0 Å². The smallest absolute Gasteiger partial charge is 0.267 e. The van der Waals surface area contributed by atoms with Crippen LogP contribution in [0.25, 0.3) is 11.1 Å².